The van der Waals surface area contributed by atoms with E-state index in [1.165, 1.54) is 5.56 Å². The average Bonchev–Trinajstić information content (AvgIpc) is 3.02. The second kappa shape index (κ2) is 5.79. The van der Waals surface area contributed by atoms with Crippen molar-refractivity contribution < 1.29 is 9.47 Å². The van der Waals surface area contributed by atoms with Gasteiger partial charge in [0, 0.05) is 12.3 Å². The van der Waals surface area contributed by atoms with Gasteiger partial charge in [0.25, 0.3) is 0 Å². The average molecular weight is 376 g/mol. The molecule has 27 heavy (non-hydrogen) atoms. The molecule has 0 bridgehead atoms. The van der Waals surface area contributed by atoms with E-state index in [-0.39, 0.29) is 6.79 Å². The Kier molecular flexibility index (Phi) is 3.25. The molecule has 0 N–H and O–H groups in total. The molecule has 134 valence electrons. The molecule has 1 fully saturated rings. The van der Waals surface area contributed by atoms with Crippen molar-refractivity contribution in [1.29, 1.82) is 0 Å². The molecule has 7 heteroatoms. The molecule has 0 radical (unpaired) electrons. The van der Waals surface area contributed by atoms with Crippen LogP contribution in [-0.4, -0.2) is 26.6 Å². The zero-order chi connectivity index (χ0) is 17.8. The minimum Gasteiger partial charge on any atom is -0.454 e. The maximum absolute atomic E-state index is 5.46. The van der Waals surface area contributed by atoms with Crippen molar-refractivity contribution in [2.24, 2.45) is 0 Å². The number of fused-ring (bicyclic) bond motifs is 2. The summed E-state index contributed by atoms with van der Waals surface area (Å²) in [7, 11) is 0. The number of benzene rings is 2. The predicted molar refractivity (Wildman–Crippen MR) is 101 cm³/mol. The first-order valence-corrected chi connectivity index (χ1v) is 9.81. The van der Waals surface area contributed by atoms with Gasteiger partial charge in [-0.1, -0.05) is 47.7 Å². The molecular formula is C20H16N4O2S. The van der Waals surface area contributed by atoms with Crippen molar-refractivity contribution in [3.63, 3.8) is 0 Å². The van der Waals surface area contributed by atoms with Crippen molar-refractivity contribution in [3.05, 3.63) is 70.5 Å². The van der Waals surface area contributed by atoms with Crippen LogP contribution in [0.1, 0.15) is 40.2 Å². The number of nitrogens with zero attached hydrogens (tertiary/aromatic N) is 4. The number of aromatic nitrogens is 4. The van der Waals surface area contributed by atoms with Gasteiger partial charge in [-0.05, 0) is 35.6 Å². The van der Waals surface area contributed by atoms with Crippen molar-refractivity contribution >= 4 is 16.3 Å². The molecular weight excluding hydrogens is 360 g/mol. The van der Waals surface area contributed by atoms with E-state index >= 15 is 0 Å². The minimum atomic E-state index is 0.285. The Hall–Kier alpha value is -2.93. The molecule has 2 atom stereocenters. The van der Waals surface area contributed by atoms with Gasteiger partial charge in [-0.15, -0.1) is 10.2 Å². The predicted octanol–water partition coefficient (Wildman–Crippen LogP) is 3.78. The van der Waals surface area contributed by atoms with E-state index in [1.54, 1.807) is 11.3 Å². The van der Waals surface area contributed by atoms with E-state index in [0.29, 0.717) is 18.3 Å². The molecule has 1 aliphatic heterocycles. The summed E-state index contributed by atoms with van der Waals surface area (Å²) < 4.78 is 12.7. The Morgan fingerprint density at radius 3 is 2.81 bits per heavy atom. The molecule has 1 aliphatic carbocycles. The van der Waals surface area contributed by atoms with Crippen molar-refractivity contribution in [2.45, 2.75) is 24.7 Å². The third-order valence-corrected chi connectivity index (χ3v) is 6.24. The first-order valence-electron chi connectivity index (χ1n) is 8.99. The molecule has 0 unspecified atom stereocenters. The summed E-state index contributed by atoms with van der Waals surface area (Å²) in [5.41, 5.74) is 2.51. The van der Waals surface area contributed by atoms with Crippen LogP contribution in [-0.2, 0) is 6.42 Å². The van der Waals surface area contributed by atoms with Gasteiger partial charge in [0.2, 0.25) is 11.8 Å². The fourth-order valence-electron chi connectivity index (χ4n) is 3.70. The Labute approximate surface area is 159 Å². The zero-order valence-corrected chi connectivity index (χ0v) is 15.2. The van der Waals surface area contributed by atoms with E-state index in [9.17, 15) is 0 Å². The summed E-state index contributed by atoms with van der Waals surface area (Å²) in [4.78, 5) is 0.861. The van der Waals surface area contributed by atoms with Crippen LogP contribution in [0.4, 0.5) is 0 Å². The molecule has 2 aromatic heterocycles. The number of ether oxygens (including phenoxy) is 2. The molecule has 0 amide bonds. The van der Waals surface area contributed by atoms with Crippen LogP contribution in [0.25, 0.3) is 4.96 Å². The maximum atomic E-state index is 5.46. The lowest BCUT2D eigenvalue weighted by Crippen LogP contribution is -1.98. The third kappa shape index (κ3) is 2.57. The van der Waals surface area contributed by atoms with Crippen molar-refractivity contribution in [2.75, 3.05) is 6.79 Å². The normalized spacial score (nSPS) is 20.3. The molecule has 3 heterocycles. The highest BCUT2D eigenvalue weighted by Gasteiger charge is 2.42. The van der Waals surface area contributed by atoms with E-state index < -0.39 is 0 Å². The molecule has 6 rings (SSSR count). The first kappa shape index (κ1) is 15.2. The van der Waals surface area contributed by atoms with Gasteiger partial charge in [0.1, 0.15) is 5.01 Å². The van der Waals surface area contributed by atoms with E-state index in [0.717, 1.165) is 39.3 Å². The van der Waals surface area contributed by atoms with E-state index in [2.05, 4.69) is 40.5 Å². The standard InChI is InChI=1S/C20H16N4O2S/c1-2-4-13(5-3-1)14-10-15(14)19-23-24-18(21-22-20(24)27-19)9-12-6-7-16-17(8-12)26-11-25-16/h1-8,14-15H,9-11H2/t14-,15+/m0/s1. The highest BCUT2D eigenvalue weighted by atomic mass is 32.1. The van der Waals surface area contributed by atoms with Gasteiger partial charge in [0.05, 0.1) is 0 Å². The lowest BCUT2D eigenvalue weighted by atomic mass is 10.1. The number of hydrogen-bond acceptors (Lipinski definition) is 6. The molecule has 4 aromatic rings. The Morgan fingerprint density at radius 2 is 1.89 bits per heavy atom. The molecule has 2 aliphatic rings. The second-order valence-electron chi connectivity index (χ2n) is 6.97. The second-order valence-corrected chi connectivity index (χ2v) is 7.96. The molecule has 1 saturated carbocycles. The van der Waals surface area contributed by atoms with Crippen LogP contribution in [0.3, 0.4) is 0 Å². The monoisotopic (exact) mass is 376 g/mol. The summed E-state index contributed by atoms with van der Waals surface area (Å²) in [6.07, 6.45) is 1.82. The van der Waals surface area contributed by atoms with Crippen LogP contribution in [0.5, 0.6) is 11.5 Å². The van der Waals surface area contributed by atoms with Gasteiger partial charge in [0.15, 0.2) is 17.3 Å². The Balaban J connectivity index is 1.27. The van der Waals surface area contributed by atoms with Crippen LogP contribution in [0.2, 0.25) is 0 Å². The largest absolute Gasteiger partial charge is 0.454 e. The highest BCUT2D eigenvalue weighted by Crippen LogP contribution is 2.55. The summed E-state index contributed by atoms with van der Waals surface area (Å²) in [5, 5.41) is 14.6. The fraction of sp³-hybridized carbons (Fsp3) is 0.250. The topological polar surface area (TPSA) is 61.5 Å². The van der Waals surface area contributed by atoms with Crippen LogP contribution >= 0.6 is 11.3 Å². The minimum absolute atomic E-state index is 0.285. The lowest BCUT2D eigenvalue weighted by Gasteiger charge is -2.01. The van der Waals surface area contributed by atoms with Crippen molar-refractivity contribution in [1.82, 2.24) is 19.8 Å². The number of hydrogen-bond donors (Lipinski definition) is 0. The van der Waals surface area contributed by atoms with Gasteiger partial charge in [-0.25, -0.2) is 0 Å². The third-order valence-electron chi connectivity index (χ3n) is 5.21. The Bertz CT molecular complexity index is 1140. The summed E-state index contributed by atoms with van der Waals surface area (Å²) in [6, 6.07) is 16.7. The SMILES string of the molecule is c1ccc([C@@H]2C[C@H]2c2nn3c(Cc4ccc5c(c4)OCO5)nnc3s2)cc1. The number of rotatable bonds is 4. The lowest BCUT2D eigenvalue weighted by molar-refractivity contribution is 0.174. The van der Waals surface area contributed by atoms with E-state index in [4.69, 9.17) is 14.6 Å². The van der Waals surface area contributed by atoms with Crippen molar-refractivity contribution in [3.8, 4) is 11.5 Å². The summed E-state index contributed by atoms with van der Waals surface area (Å²) in [5.74, 6) is 3.51. The summed E-state index contributed by atoms with van der Waals surface area (Å²) in [6.45, 7) is 0.285. The van der Waals surface area contributed by atoms with Gasteiger partial charge in [-0.2, -0.15) is 9.61 Å². The summed E-state index contributed by atoms with van der Waals surface area (Å²) >= 11 is 1.65. The molecule has 0 saturated heterocycles. The highest BCUT2D eigenvalue weighted by molar-refractivity contribution is 7.16. The maximum Gasteiger partial charge on any atom is 0.234 e. The molecule has 0 spiro atoms. The van der Waals surface area contributed by atoms with Gasteiger partial charge < -0.3 is 9.47 Å². The first-order chi connectivity index (χ1) is 13.3. The zero-order valence-electron chi connectivity index (χ0n) is 14.4. The van der Waals surface area contributed by atoms with Gasteiger partial charge in [-0.3, -0.25) is 0 Å². The quantitative estimate of drug-likeness (QED) is 0.542. The Morgan fingerprint density at radius 1 is 1.00 bits per heavy atom. The van der Waals surface area contributed by atoms with E-state index in [1.807, 2.05) is 22.7 Å². The van der Waals surface area contributed by atoms with Crippen LogP contribution in [0, 0.1) is 0 Å². The smallest absolute Gasteiger partial charge is 0.234 e. The van der Waals surface area contributed by atoms with Crippen LogP contribution < -0.4 is 9.47 Å². The van der Waals surface area contributed by atoms with Gasteiger partial charge >= 0.3 is 0 Å². The molecule has 2 aromatic carbocycles. The molecule has 6 nitrogen and oxygen atoms in total. The fourth-order valence-corrected chi connectivity index (χ4v) is 4.74. The van der Waals surface area contributed by atoms with Crippen LogP contribution in [0.15, 0.2) is 48.5 Å².